The SMILES string of the molecule is NCCc1ccc(C(=O)NCCCn2ccnn2)cc1. The summed E-state index contributed by atoms with van der Waals surface area (Å²) in [4.78, 5) is 11.9. The monoisotopic (exact) mass is 273 g/mol. The summed E-state index contributed by atoms with van der Waals surface area (Å²) < 4.78 is 1.74. The number of carbonyl (C=O) groups is 1. The summed E-state index contributed by atoms with van der Waals surface area (Å²) in [5, 5.41) is 10.5. The quantitative estimate of drug-likeness (QED) is 0.723. The number of nitrogens with zero attached hydrogens (tertiary/aromatic N) is 3. The van der Waals surface area contributed by atoms with Crippen LogP contribution in [0.25, 0.3) is 0 Å². The summed E-state index contributed by atoms with van der Waals surface area (Å²) in [5.41, 5.74) is 7.31. The third kappa shape index (κ3) is 4.17. The van der Waals surface area contributed by atoms with Gasteiger partial charge in [0.05, 0.1) is 6.20 Å². The van der Waals surface area contributed by atoms with Crippen molar-refractivity contribution in [2.45, 2.75) is 19.4 Å². The lowest BCUT2D eigenvalue weighted by atomic mass is 10.1. The zero-order valence-corrected chi connectivity index (χ0v) is 11.3. The van der Waals surface area contributed by atoms with Crippen molar-refractivity contribution in [3.8, 4) is 0 Å². The number of hydrogen-bond donors (Lipinski definition) is 2. The van der Waals surface area contributed by atoms with Gasteiger partial charge in [0.15, 0.2) is 0 Å². The molecule has 6 nitrogen and oxygen atoms in total. The number of nitrogens with one attached hydrogen (secondary N) is 1. The third-order valence-corrected chi connectivity index (χ3v) is 2.97. The van der Waals surface area contributed by atoms with Crippen LogP contribution in [0.1, 0.15) is 22.3 Å². The maximum atomic E-state index is 11.9. The molecule has 0 aliphatic rings. The molecule has 1 aromatic carbocycles. The first-order valence-electron chi connectivity index (χ1n) is 6.71. The highest BCUT2D eigenvalue weighted by atomic mass is 16.1. The van der Waals surface area contributed by atoms with Crippen LogP contribution in [0.4, 0.5) is 0 Å². The molecule has 0 unspecified atom stereocenters. The van der Waals surface area contributed by atoms with E-state index < -0.39 is 0 Å². The minimum atomic E-state index is -0.0529. The third-order valence-electron chi connectivity index (χ3n) is 2.97. The van der Waals surface area contributed by atoms with Gasteiger partial charge in [-0.25, -0.2) is 0 Å². The van der Waals surface area contributed by atoms with E-state index in [2.05, 4.69) is 15.6 Å². The Hall–Kier alpha value is -2.21. The molecule has 0 bridgehead atoms. The summed E-state index contributed by atoms with van der Waals surface area (Å²) in [5.74, 6) is -0.0529. The van der Waals surface area contributed by atoms with Gasteiger partial charge in [0.25, 0.3) is 5.91 Å². The molecule has 0 radical (unpaired) electrons. The average molecular weight is 273 g/mol. The van der Waals surface area contributed by atoms with Crippen molar-refractivity contribution in [1.82, 2.24) is 20.3 Å². The lowest BCUT2D eigenvalue weighted by Gasteiger charge is -2.06. The zero-order valence-electron chi connectivity index (χ0n) is 11.3. The first kappa shape index (κ1) is 14.2. The van der Waals surface area contributed by atoms with Crippen LogP contribution in [0.2, 0.25) is 0 Å². The lowest BCUT2D eigenvalue weighted by Crippen LogP contribution is -2.25. The van der Waals surface area contributed by atoms with Gasteiger partial charge in [-0.1, -0.05) is 17.3 Å². The molecular formula is C14H19N5O. The molecule has 1 heterocycles. The fourth-order valence-electron chi connectivity index (χ4n) is 1.89. The molecular weight excluding hydrogens is 254 g/mol. The second kappa shape index (κ2) is 7.40. The summed E-state index contributed by atoms with van der Waals surface area (Å²) in [6.45, 7) is 1.98. The van der Waals surface area contributed by atoms with Crippen LogP contribution in [0, 0.1) is 0 Å². The smallest absolute Gasteiger partial charge is 0.251 e. The fourth-order valence-corrected chi connectivity index (χ4v) is 1.89. The molecule has 0 aliphatic heterocycles. The Bertz CT molecular complexity index is 521. The number of carbonyl (C=O) groups excluding carboxylic acids is 1. The maximum absolute atomic E-state index is 11.9. The fraction of sp³-hybridized carbons (Fsp3) is 0.357. The molecule has 3 N–H and O–H groups in total. The highest BCUT2D eigenvalue weighted by Crippen LogP contribution is 2.04. The average Bonchev–Trinajstić information content (AvgIpc) is 2.98. The van der Waals surface area contributed by atoms with Crippen molar-refractivity contribution < 1.29 is 4.79 Å². The maximum Gasteiger partial charge on any atom is 0.251 e. The summed E-state index contributed by atoms with van der Waals surface area (Å²) >= 11 is 0. The highest BCUT2D eigenvalue weighted by molar-refractivity contribution is 5.94. The molecule has 0 atom stereocenters. The van der Waals surface area contributed by atoms with Gasteiger partial charge < -0.3 is 11.1 Å². The Balaban J connectivity index is 1.73. The van der Waals surface area contributed by atoms with Gasteiger partial charge in [-0.05, 0) is 37.1 Å². The first-order chi connectivity index (χ1) is 9.79. The van der Waals surface area contributed by atoms with Crippen LogP contribution in [0.15, 0.2) is 36.7 Å². The second-order valence-electron chi connectivity index (χ2n) is 4.51. The minimum absolute atomic E-state index is 0.0529. The van der Waals surface area contributed by atoms with Crippen molar-refractivity contribution in [2.75, 3.05) is 13.1 Å². The molecule has 0 aliphatic carbocycles. The Morgan fingerprint density at radius 1 is 1.30 bits per heavy atom. The number of amides is 1. The Kier molecular flexibility index (Phi) is 5.25. The molecule has 0 saturated carbocycles. The zero-order chi connectivity index (χ0) is 14.2. The minimum Gasteiger partial charge on any atom is -0.352 e. The van der Waals surface area contributed by atoms with Crippen LogP contribution in [0.3, 0.4) is 0 Å². The molecule has 1 amide bonds. The van der Waals surface area contributed by atoms with Crippen molar-refractivity contribution >= 4 is 5.91 Å². The van der Waals surface area contributed by atoms with Gasteiger partial charge in [0.2, 0.25) is 0 Å². The Labute approximate surface area is 118 Å². The van der Waals surface area contributed by atoms with E-state index in [0.29, 0.717) is 18.7 Å². The van der Waals surface area contributed by atoms with Crippen LogP contribution in [0.5, 0.6) is 0 Å². The van der Waals surface area contributed by atoms with Gasteiger partial charge in [-0.2, -0.15) is 0 Å². The van der Waals surface area contributed by atoms with E-state index in [1.54, 1.807) is 17.1 Å². The van der Waals surface area contributed by atoms with Gasteiger partial charge in [0, 0.05) is 24.8 Å². The number of benzene rings is 1. The molecule has 0 fully saturated rings. The Morgan fingerprint density at radius 3 is 2.75 bits per heavy atom. The topological polar surface area (TPSA) is 85.8 Å². The summed E-state index contributed by atoms with van der Waals surface area (Å²) in [6, 6.07) is 7.55. The standard InChI is InChI=1S/C14H19N5O/c15-7-6-12-2-4-13(5-3-12)14(20)16-8-1-10-19-11-9-17-18-19/h2-5,9,11H,1,6-8,10,15H2,(H,16,20). The number of rotatable bonds is 7. The molecule has 6 heteroatoms. The molecule has 0 spiro atoms. The molecule has 20 heavy (non-hydrogen) atoms. The van der Waals surface area contributed by atoms with Crippen molar-refractivity contribution in [2.24, 2.45) is 5.73 Å². The second-order valence-corrected chi connectivity index (χ2v) is 4.51. The number of hydrogen-bond acceptors (Lipinski definition) is 4. The van der Waals surface area contributed by atoms with Crippen LogP contribution < -0.4 is 11.1 Å². The van der Waals surface area contributed by atoms with E-state index in [9.17, 15) is 4.79 Å². The lowest BCUT2D eigenvalue weighted by molar-refractivity contribution is 0.0952. The van der Waals surface area contributed by atoms with E-state index in [4.69, 9.17) is 5.73 Å². The first-order valence-corrected chi connectivity index (χ1v) is 6.71. The molecule has 0 saturated heterocycles. The van der Waals surface area contributed by atoms with Gasteiger partial charge in [-0.15, -0.1) is 5.10 Å². The van der Waals surface area contributed by atoms with E-state index in [0.717, 1.165) is 24.9 Å². The van der Waals surface area contributed by atoms with Gasteiger partial charge in [0.1, 0.15) is 0 Å². The van der Waals surface area contributed by atoms with E-state index in [1.807, 2.05) is 24.3 Å². The molecule has 106 valence electrons. The molecule has 1 aromatic heterocycles. The predicted molar refractivity (Wildman–Crippen MR) is 76.2 cm³/mol. The van der Waals surface area contributed by atoms with Crippen LogP contribution in [-0.2, 0) is 13.0 Å². The van der Waals surface area contributed by atoms with Gasteiger partial charge >= 0.3 is 0 Å². The summed E-state index contributed by atoms with van der Waals surface area (Å²) in [7, 11) is 0. The predicted octanol–water partition coefficient (Wildman–Crippen LogP) is 0.599. The van der Waals surface area contributed by atoms with Crippen molar-refractivity contribution in [3.63, 3.8) is 0 Å². The molecule has 2 aromatic rings. The Morgan fingerprint density at radius 2 is 2.10 bits per heavy atom. The highest BCUT2D eigenvalue weighted by Gasteiger charge is 2.04. The van der Waals surface area contributed by atoms with E-state index >= 15 is 0 Å². The number of aryl methyl sites for hydroxylation is 1. The molecule has 2 rings (SSSR count). The van der Waals surface area contributed by atoms with E-state index in [-0.39, 0.29) is 5.91 Å². The largest absolute Gasteiger partial charge is 0.352 e. The summed E-state index contributed by atoms with van der Waals surface area (Å²) in [6.07, 6.45) is 5.10. The normalized spacial score (nSPS) is 10.4. The number of aromatic nitrogens is 3. The van der Waals surface area contributed by atoms with Crippen LogP contribution >= 0.6 is 0 Å². The van der Waals surface area contributed by atoms with Gasteiger partial charge in [-0.3, -0.25) is 9.48 Å². The van der Waals surface area contributed by atoms with E-state index in [1.165, 1.54) is 0 Å². The van der Waals surface area contributed by atoms with Crippen molar-refractivity contribution in [3.05, 3.63) is 47.8 Å². The van der Waals surface area contributed by atoms with Crippen molar-refractivity contribution in [1.29, 1.82) is 0 Å². The van der Waals surface area contributed by atoms with Crippen LogP contribution in [-0.4, -0.2) is 34.0 Å². The number of nitrogens with two attached hydrogens (primary N) is 1.